The first-order valence-corrected chi connectivity index (χ1v) is 12.7. The Morgan fingerprint density at radius 2 is 1.59 bits per heavy atom. The molecule has 1 N–H and O–H groups in total. The zero-order valence-corrected chi connectivity index (χ0v) is 22.0. The molecule has 6 heteroatoms. The summed E-state index contributed by atoms with van der Waals surface area (Å²) in [5.74, 6) is -0.549. The van der Waals surface area contributed by atoms with Gasteiger partial charge in [0.25, 0.3) is 11.7 Å². The van der Waals surface area contributed by atoms with Crippen LogP contribution in [0.1, 0.15) is 33.9 Å². The van der Waals surface area contributed by atoms with Gasteiger partial charge >= 0.3 is 0 Å². The van der Waals surface area contributed by atoms with Gasteiger partial charge in [-0.25, -0.2) is 0 Å². The molecule has 0 saturated carbocycles. The van der Waals surface area contributed by atoms with Crippen LogP contribution in [0.15, 0.2) is 103 Å². The van der Waals surface area contributed by atoms with Gasteiger partial charge in [0.2, 0.25) is 0 Å². The molecule has 4 aromatic rings. The molecule has 0 radical (unpaired) electrons. The summed E-state index contributed by atoms with van der Waals surface area (Å²) >= 11 is 0. The van der Waals surface area contributed by atoms with E-state index >= 15 is 0 Å². The Kier molecular flexibility index (Phi) is 7.19. The molecule has 6 nitrogen and oxygen atoms in total. The second-order valence-corrected chi connectivity index (χ2v) is 9.50. The van der Waals surface area contributed by atoms with Crippen molar-refractivity contribution in [3.05, 3.63) is 130 Å². The molecule has 1 aliphatic rings. The number of ether oxygens (including phenoxy) is 2. The van der Waals surface area contributed by atoms with E-state index in [1.165, 1.54) is 12.0 Å². The molecule has 1 amide bonds. The van der Waals surface area contributed by atoms with E-state index in [0.29, 0.717) is 34.9 Å². The number of para-hydroxylation sites is 1. The fourth-order valence-electron chi connectivity index (χ4n) is 4.91. The number of methoxy groups -OCH3 is 1. The second-order valence-electron chi connectivity index (χ2n) is 9.50. The summed E-state index contributed by atoms with van der Waals surface area (Å²) in [6.07, 6.45) is 0. The Bertz CT molecular complexity index is 1570. The maximum atomic E-state index is 13.5. The van der Waals surface area contributed by atoms with E-state index in [1.807, 2.05) is 74.5 Å². The van der Waals surface area contributed by atoms with E-state index < -0.39 is 17.7 Å². The molecule has 196 valence electrons. The van der Waals surface area contributed by atoms with Gasteiger partial charge < -0.3 is 14.6 Å². The number of carbonyl (C=O) groups is 2. The van der Waals surface area contributed by atoms with E-state index in [4.69, 9.17) is 9.47 Å². The number of ketones is 1. The highest BCUT2D eigenvalue weighted by Crippen LogP contribution is 2.45. The lowest BCUT2D eigenvalue weighted by atomic mass is 9.94. The van der Waals surface area contributed by atoms with Crippen LogP contribution < -0.4 is 14.4 Å². The molecule has 0 spiro atoms. The number of hydrogen-bond acceptors (Lipinski definition) is 5. The van der Waals surface area contributed by atoms with Crippen LogP contribution in [0.2, 0.25) is 0 Å². The number of aliphatic hydroxyl groups is 1. The van der Waals surface area contributed by atoms with Gasteiger partial charge in [-0.15, -0.1) is 0 Å². The average Bonchev–Trinajstić information content (AvgIpc) is 3.22. The number of amides is 1. The number of aryl methyl sites for hydroxylation is 2. The predicted molar refractivity (Wildman–Crippen MR) is 151 cm³/mol. The Morgan fingerprint density at radius 1 is 0.846 bits per heavy atom. The first-order chi connectivity index (χ1) is 18.9. The van der Waals surface area contributed by atoms with Crippen molar-refractivity contribution in [2.45, 2.75) is 26.5 Å². The minimum absolute atomic E-state index is 0.00311. The fourth-order valence-corrected chi connectivity index (χ4v) is 4.91. The standard InChI is InChI=1S/C33H29NO5/c1-21-10-9-13-25(18-21)34-30(26-14-7-8-15-28(26)38-3)29(32(36)33(34)37)31(35)24-16-17-27(22(2)19-24)39-20-23-11-5-4-6-12-23/h4-19,30,35H,20H2,1-3H3/b31-29+. The molecule has 1 atom stereocenters. The van der Waals surface area contributed by atoms with Crippen molar-refractivity contribution in [1.29, 1.82) is 0 Å². The van der Waals surface area contributed by atoms with Crippen molar-refractivity contribution in [3.63, 3.8) is 0 Å². The second kappa shape index (κ2) is 10.9. The third-order valence-electron chi connectivity index (χ3n) is 6.84. The molecule has 0 bridgehead atoms. The van der Waals surface area contributed by atoms with Gasteiger partial charge in [0, 0.05) is 16.8 Å². The average molecular weight is 520 g/mol. The van der Waals surface area contributed by atoms with Crippen molar-refractivity contribution in [1.82, 2.24) is 0 Å². The van der Waals surface area contributed by atoms with Gasteiger partial charge in [-0.05, 0) is 66.9 Å². The highest BCUT2D eigenvalue weighted by molar-refractivity contribution is 6.51. The highest BCUT2D eigenvalue weighted by Gasteiger charge is 2.48. The van der Waals surface area contributed by atoms with E-state index in [1.54, 1.807) is 36.4 Å². The monoisotopic (exact) mass is 519 g/mol. The summed E-state index contributed by atoms with van der Waals surface area (Å²) in [4.78, 5) is 28.4. The molecule has 1 saturated heterocycles. The fraction of sp³-hybridized carbons (Fsp3) is 0.152. The lowest BCUT2D eigenvalue weighted by molar-refractivity contribution is -0.132. The van der Waals surface area contributed by atoms with Gasteiger partial charge in [0.15, 0.2) is 0 Å². The number of anilines is 1. The Balaban J connectivity index is 1.59. The summed E-state index contributed by atoms with van der Waals surface area (Å²) < 4.78 is 11.6. The van der Waals surface area contributed by atoms with Gasteiger partial charge in [0.1, 0.15) is 23.9 Å². The zero-order valence-electron chi connectivity index (χ0n) is 22.0. The summed E-state index contributed by atoms with van der Waals surface area (Å²) in [7, 11) is 1.54. The Labute approximate surface area is 227 Å². The van der Waals surface area contributed by atoms with Crippen molar-refractivity contribution in [2.75, 3.05) is 12.0 Å². The Hall–Kier alpha value is -4.84. The molecular formula is C33H29NO5. The number of rotatable bonds is 7. The van der Waals surface area contributed by atoms with Crippen LogP contribution in [-0.2, 0) is 16.2 Å². The number of aliphatic hydroxyl groups excluding tert-OH is 1. The van der Waals surface area contributed by atoms with Crippen molar-refractivity contribution in [2.24, 2.45) is 0 Å². The molecule has 5 rings (SSSR count). The third kappa shape index (κ3) is 5.01. The van der Waals surface area contributed by atoms with Crippen LogP contribution in [0.25, 0.3) is 5.76 Å². The highest BCUT2D eigenvalue weighted by atomic mass is 16.5. The van der Waals surface area contributed by atoms with Crippen LogP contribution in [0.3, 0.4) is 0 Å². The van der Waals surface area contributed by atoms with Crippen LogP contribution in [0.4, 0.5) is 5.69 Å². The molecule has 1 aliphatic heterocycles. The first-order valence-electron chi connectivity index (χ1n) is 12.7. The number of benzene rings is 4. The van der Waals surface area contributed by atoms with Gasteiger partial charge in [-0.2, -0.15) is 0 Å². The summed E-state index contributed by atoms with van der Waals surface area (Å²) in [5.41, 5.74) is 4.35. The number of hydrogen-bond donors (Lipinski definition) is 1. The first kappa shape index (κ1) is 25.8. The molecule has 1 heterocycles. The SMILES string of the molecule is COc1ccccc1C1/C(=C(\O)c2ccc(OCc3ccccc3)c(C)c2)C(=O)C(=O)N1c1cccc(C)c1. The van der Waals surface area contributed by atoms with Gasteiger partial charge in [0.05, 0.1) is 18.7 Å². The topological polar surface area (TPSA) is 76.1 Å². The third-order valence-corrected chi connectivity index (χ3v) is 6.84. The minimum Gasteiger partial charge on any atom is -0.507 e. The smallest absolute Gasteiger partial charge is 0.300 e. The van der Waals surface area contributed by atoms with Crippen LogP contribution >= 0.6 is 0 Å². The number of nitrogens with zero attached hydrogens (tertiary/aromatic N) is 1. The van der Waals surface area contributed by atoms with E-state index in [9.17, 15) is 14.7 Å². The normalized spacial score (nSPS) is 16.4. The van der Waals surface area contributed by atoms with E-state index in [0.717, 1.165) is 16.7 Å². The molecule has 39 heavy (non-hydrogen) atoms. The van der Waals surface area contributed by atoms with Crippen LogP contribution in [-0.4, -0.2) is 23.9 Å². The maximum absolute atomic E-state index is 13.5. The van der Waals surface area contributed by atoms with E-state index in [-0.39, 0.29) is 11.3 Å². The minimum atomic E-state index is -0.878. The molecule has 1 fully saturated rings. The quantitative estimate of drug-likeness (QED) is 0.171. The zero-order chi connectivity index (χ0) is 27.5. The van der Waals surface area contributed by atoms with Gasteiger partial charge in [-0.1, -0.05) is 60.7 Å². The largest absolute Gasteiger partial charge is 0.507 e. The van der Waals surface area contributed by atoms with Crippen molar-refractivity contribution in [3.8, 4) is 11.5 Å². The molecular weight excluding hydrogens is 490 g/mol. The number of carbonyl (C=O) groups excluding carboxylic acids is 2. The molecule has 0 aromatic heterocycles. The van der Waals surface area contributed by atoms with Crippen LogP contribution in [0, 0.1) is 13.8 Å². The van der Waals surface area contributed by atoms with Crippen molar-refractivity contribution >= 4 is 23.1 Å². The number of Topliss-reactive ketones (excluding diaryl/α,β-unsaturated/α-hetero) is 1. The maximum Gasteiger partial charge on any atom is 0.300 e. The predicted octanol–water partition coefficient (Wildman–Crippen LogP) is 6.52. The van der Waals surface area contributed by atoms with E-state index in [2.05, 4.69) is 0 Å². The van der Waals surface area contributed by atoms with Crippen LogP contribution in [0.5, 0.6) is 11.5 Å². The van der Waals surface area contributed by atoms with Gasteiger partial charge in [-0.3, -0.25) is 14.5 Å². The Morgan fingerprint density at radius 3 is 2.31 bits per heavy atom. The lowest BCUT2D eigenvalue weighted by Gasteiger charge is -2.27. The van der Waals surface area contributed by atoms with Crippen molar-refractivity contribution < 1.29 is 24.2 Å². The summed E-state index contributed by atoms with van der Waals surface area (Å²) in [6.45, 7) is 4.20. The molecule has 4 aromatic carbocycles. The molecule has 1 unspecified atom stereocenters. The summed E-state index contributed by atoms with van der Waals surface area (Å²) in [5, 5.41) is 11.5. The lowest BCUT2D eigenvalue weighted by Crippen LogP contribution is -2.29. The molecule has 0 aliphatic carbocycles. The summed E-state index contributed by atoms with van der Waals surface area (Å²) in [6, 6.07) is 28.8.